The van der Waals surface area contributed by atoms with Crippen LogP contribution in [0, 0.1) is 5.82 Å². The molecule has 0 atom stereocenters. The molecular formula is C11H9BrClFO2. The van der Waals surface area contributed by atoms with E-state index in [2.05, 4.69) is 15.9 Å². The number of benzene rings is 1. The van der Waals surface area contributed by atoms with Crippen molar-refractivity contribution >= 4 is 33.5 Å². The Morgan fingerprint density at radius 1 is 1.56 bits per heavy atom. The minimum absolute atomic E-state index is 0.00259. The first-order valence-corrected chi connectivity index (χ1v) is 5.98. The number of carboxylic acids is 1. The predicted octanol–water partition coefficient (Wildman–Crippen LogP) is 3.75. The van der Waals surface area contributed by atoms with E-state index >= 15 is 0 Å². The molecule has 0 heterocycles. The third-order valence-electron chi connectivity index (χ3n) is 2.91. The van der Waals surface area contributed by atoms with Crippen LogP contribution in [0.15, 0.2) is 16.6 Å². The van der Waals surface area contributed by atoms with Gasteiger partial charge in [-0.25, -0.2) is 4.39 Å². The Balaban J connectivity index is 2.44. The molecule has 0 unspecified atom stereocenters. The molecule has 16 heavy (non-hydrogen) atoms. The van der Waals surface area contributed by atoms with Crippen LogP contribution in [0.1, 0.15) is 24.8 Å². The molecule has 2 nitrogen and oxygen atoms in total. The van der Waals surface area contributed by atoms with Crippen LogP contribution in [-0.4, -0.2) is 11.1 Å². The second-order valence-corrected chi connectivity index (χ2v) is 5.39. The Kier molecular flexibility index (Phi) is 2.97. The zero-order chi connectivity index (χ0) is 11.9. The van der Waals surface area contributed by atoms with E-state index in [1.807, 2.05) is 0 Å². The van der Waals surface area contributed by atoms with Gasteiger partial charge in [-0.05, 0) is 30.5 Å². The fourth-order valence-corrected chi connectivity index (χ4v) is 2.66. The second kappa shape index (κ2) is 4.00. The lowest BCUT2D eigenvalue weighted by atomic mass is 9.92. The van der Waals surface area contributed by atoms with E-state index < -0.39 is 17.2 Å². The molecule has 0 aromatic heterocycles. The van der Waals surface area contributed by atoms with Crippen molar-refractivity contribution in [3.05, 3.63) is 33.0 Å². The maximum Gasteiger partial charge on any atom is 0.304 e. The lowest BCUT2D eigenvalue weighted by Gasteiger charge is -2.15. The van der Waals surface area contributed by atoms with Gasteiger partial charge >= 0.3 is 5.97 Å². The van der Waals surface area contributed by atoms with Gasteiger partial charge in [0.1, 0.15) is 5.82 Å². The molecule has 1 saturated carbocycles. The molecule has 0 saturated heterocycles. The first-order chi connectivity index (χ1) is 7.44. The van der Waals surface area contributed by atoms with Gasteiger partial charge in [0.2, 0.25) is 0 Å². The third kappa shape index (κ3) is 2.09. The lowest BCUT2D eigenvalue weighted by molar-refractivity contribution is -0.137. The number of hydrogen-bond acceptors (Lipinski definition) is 1. The van der Waals surface area contributed by atoms with Crippen LogP contribution in [0.5, 0.6) is 0 Å². The van der Waals surface area contributed by atoms with Gasteiger partial charge in [0.15, 0.2) is 0 Å². The molecule has 0 spiro atoms. The predicted molar refractivity (Wildman–Crippen MR) is 62.3 cm³/mol. The van der Waals surface area contributed by atoms with Gasteiger partial charge in [-0.2, -0.15) is 0 Å². The number of rotatable bonds is 3. The van der Waals surface area contributed by atoms with Gasteiger partial charge in [0.25, 0.3) is 0 Å². The van der Waals surface area contributed by atoms with Crippen molar-refractivity contribution in [2.75, 3.05) is 0 Å². The zero-order valence-corrected chi connectivity index (χ0v) is 10.6. The first kappa shape index (κ1) is 11.9. The molecular weight excluding hydrogens is 298 g/mol. The van der Waals surface area contributed by atoms with Crippen molar-refractivity contribution in [2.45, 2.75) is 24.7 Å². The van der Waals surface area contributed by atoms with Crippen LogP contribution >= 0.6 is 27.5 Å². The van der Waals surface area contributed by atoms with E-state index in [1.54, 1.807) is 6.07 Å². The van der Waals surface area contributed by atoms with Crippen molar-refractivity contribution in [1.82, 2.24) is 0 Å². The number of aliphatic carboxylic acids is 1. The summed E-state index contributed by atoms with van der Waals surface area (Å²) in [4.78, 5) is 10.8. The third-order valence-corrected chi connectivity index (χ3v) is 3.75. The highest BCUT2D eigenvalue weighted by Crippen LogP contribution is 2.53. The fourth-order valence-electron chi connectivity index (χ4n) is 1.92. The van der Waals surface area contributed by atoms with Crippen molar-refractivity contribution in [1.29, 1.82) is 0 Å². The van der Waals surface area contributed by atoms with Crippen molar-refractivity contribution < 1.29 is 14.3 Å². The highest BCUT2D eigenvalue weighted by atomic mass is 79.9. The van der Waals surface area contributed by atoms with Gasteiger partial charge in [-0.1, -0.05) is 27.5 Å². The summed E-state index contributed by atoms with van der Waals surface area (Å²) in [6, 6.07) is 2.99. The van der Waals surface area contributed by atoms with E-state index in [0.29, 0.717) is 10.0 Å². The Morgan fingerprint density at radius 3 is 2.69 bits per heavy atom. The zero-order valence-electron chi connectivity index (χ0n) is 8.27. The Labute approximate surface area is 106 Å². The standard InChI is InChI=1S/C11H9BrClFO2/c12-6-3-7(10(13)8(14)4-6)11(1-2-11)5-9(15)16/h3-4H,1-2,5H2,(H,15,16). The van der Waals surface area contributed by atoms with Crippen LogP contribution in [0.25, 0.3) is 0 Å². The quantitative estimate of drug-likeness (QED) is 0.864. The van der Waals surface area contributed by atoms with Crippen molar-refractivity contribution in [3.63, 3.8) is 0 Å². The molecule has 0 radical (unpaired) electrons. The summed E-state index contributed by atoms with van der Waals surface area (Å²) < 4.78 is 14.0. The summed E-state index contributed by atoms with van der Waals surface area (Å²) >= 11 is 9.07. The number of carboxylic acid groups (broad SMARTS) is 1. The molecule has 1 N–H and O–H groups in total. The minimum Gasteiger partial charge on any atom is -0.481 e. The maximum atomic E-state index is 13.4. The first-order valence-electron chi connectivity index (χ1n) is 4.81. The molecule has 0 bridgehead atoms. The van der Waals surface area contributed by atoms with E-state index in [1.165, 1.54) is 6.07 Å². The number of halogens is 3. The van der Waals surface area contributed by atoms with Crippen LogP contribution in [-0.2, 0) is 10.2 Å². The molecule has 1 aliphatic rings. The average molecular weight is 308 g/mol. The molecule has 86 valence electrons. The molecule has 1 aromatic carbocycles. The molecule has 1 aliphatic carbocycles. The number of hydrogen-bond donors (Lipinski definition) is 1. The highest BCUT2D eigenvalue weighted by molar-refractivity contribution is 9.10. The van der Waals surface area contributed by atoms with Crippen molar-refractivity contribution in [2.24, 2.45) is 0 Å². The Morgan fingerprint density at radius 2 is 2.19 bits per heavy atom. The normalized spacial score (nSPS) is 17.2. The molecule has 1 aromatic rings. The van der Waals surface area contributed by atoms with Gasteiger partial charge in [-0.3, -0.25) is 4.79 Å². The summed E-state index contributed by atoms with van der Waals surface area (Å²) in [5.74, 6) is -1.39. The summed E-state index contributed by atoms with van der Waals surface area (Å²) in [5.41, 5.74) is 0.136. The van der Waals surface area contributed by atoms with Gasteiger partial charge < -0.3 is 5.11 Å². The highest BCUT2D eigenvalue weighted by Gasteiger charge is 2.47. The molecule has 5 heteroatoms. The second-order valence-electron chi connectivity index (χ2n) is 4.10. The van der Waals surface area contributed by atoms with Crippen LogP contribution in [0.2, 0.25) is 5.02 Å². The average Bonchev–Trinajstić information content (AvgIpc) is 2.91. The van der Waals surface area contributed by atoms with Crippen LogP contribution in [0.4, 0.5) is 4.39 Å². The maximum absolute atomic E-state index is 13.4. The fraction of sp³-hybridized carbons (Fsp3) is 0.364. The van der Waals surface area contributed by atoms with Gasteiger partial charge in [0.05, 0.1) is 11.4 Å². The SMILES string of the molecule is O=C(O)CC1(c2cc(Br)cc(F)c2Cl)CC1. The van der Waals surface area contributed by atoms with E-state index in [9.17, 15) is 9.18 Å². The Hall–Kier alpha value is -0.610. The van der Waals surface area contributed by atoms with E-state index in [-0.39, 0.29) is 11.4 Å². The van der Waals surface area contributed by atoms with Crippen LogP contribution < -0.4 is 0 Å². The van der Waals surface area contributed by atoms with Crippen LogP contribution in [0.3, 0.4) is 0 Å². The summed E-state index contributed by atoms with van der Waals surface area (Å²) in [7, 11) is 0. The molecule has 1 fully saturated rings. The topological polar surface area (TPSA) is 37.3 Å². The molecule has 0 amide bonds. The largest absolute Gasteiger partial charge is 0.481 e. The smallest absolute Gasteiger partial charge is 0.304 e. The summed E-state index contributed by atoms with van der Waals surface area (Å²) in [5, 5.41) is 8.87. The molecule has 0 aliphatic heterocycles. The molecule has 2 rings (SSSR count). The van der Waals surface area contributed by atoms with E-state index in [0.717, 1.165) is 12.8 Å². The Bertz CT molecular complexity index is 458. The van der Waals surface area contributed by atoms with Gasteiger partial charge in [-0.15, -0.1) is 0 Å². The monoisotopic (exact) mass is 306 g/mol. The lowest BCUT2D eigenvalue weighted by Crippen LogP contribution is -2.14. The van der Waals surface area contributed by atoms with Crippen molar-refractivity contribution in [3.8, 4) is 0 Å². The summed E-state index contributed by atoms with van der Waals surface area (Å²) in [6.45, 7) is 0. The van der Waals surface area contributed by atoms with E-state index in [4.69, 9.17) is 16.7 Å². The van der Waals surface area contributed by atoms with Gasteiger partial charge in [0, 0.05) is 9.89 Å². The number of carbonyl (C=O) groups is 1. The minimum atomic E-state index is -0.881. The summed E-state index contributed by atoms with van der Waals surface area (Å²) in [6.07, 6.45) is 1.49.